The first-order valence-corrected chi connectivity index (χ1v) is 11.8. The minimum Gasteiger partial charge on any atom is -0.490 e. The van der Waals surface area contributed by atoms with E-state index in [4.69, 9.17) is 32.7 Å². The molecule has 2 aliphatic rings. The number of nitrogens with one attached hydrogen (secondary N) is 1. The lowest BCUT2D eigenvalue weighted by Crippen LogP contribution is -2.22. The summed E-state index contributed by atoms with van der Waals surface area (Å²) < 4.78 is 11.7. The van der Waals surface area contributed by atoms with Crippen LogP contribution in [0.5, 0.6) is 11.5 Å². The van der Waals surface area contributed by atoms with Crippen LogP contribution in [0.1, 0.15) is 50.7 Å². The van der Waals surface area contributed by atoms with Crippen molar-refractivity contribution in [2.75, 3.05) is 6.61 Å². The van der Waals surface area contributed by atoms with Gasteiger partial charge in [-0.3, -0.25) is 4.79 Å². The molecule has 0 unspecified atom stereocenters. The van der Waals surface area contributed by atoms with E-state index < -0.39 is 0 Å². The molecule has 4 rings (SSSR count). The Morgan fingerprint density at radius 3 is 2.75 bits per heavy atom. The van der Waals surface area contributed by atoms with Gasteiger partial charge in [0.2, 0.25) is 5.91 Å². The highest BCUT2D eigenvalue weighted by atomic mass is 35.5. The summed E-state index contributed by atoms with van der Waals surface area (Å²) in [6.07, 6.45) is 6.37. The molecule has 0 aliphatic heterocycles. The van der Waals surface area contributed by atoms with Crippen molar-refractivity contribution in [3.05, 3.63) is 57.6 Å². The lowest BCUT2D eigenvalue weighted by molar-refractivity contribution is -0.123. The molecule has 32 heavy (non-hydrogen) atoms. The highest BCUT2D eigenvalue weighted by Gasteiger charge is 2.64. The SMILES string of the molecule is CCOc1cc(/C=N/NC(=O)[C@@H]2[C@@H]3CCCC[C@@]23C)ccc1OCc1ccc(Cl)cc1Cl. The summed E-state index contributed by atoms with van der Waals surface area (Å²) in [4.78, 5) is 12.6. The molecule has 2 saturated carbocycles. The third-order valence-corrected chi connectivity index (χ3v) is 7.26. The number of benzene rings is 2. The van der Waals surface area contributed by atoms with Gasteiger partial charge in [0.15, 0.2) is 11.5 Å². The Morgan fingerprint density at radius 2 is 2.03 bits per heavy atom. The number of hydrogen-bond donors (Lipinski definition) is 1. The zero-order chi connectivity index (χ0) is 22.7. The van der Waals surface area contributed by atoms with Crippen LogP contribution in [-0.2, 0) is 11.4 Å². The Kier molecular flexibility index (Phi) is 6.96. The minimum absolute atomic E-state index is 0.0282. The molecular formula is C25H28Cl2N2O3. The van der Waals surface area contributed by atoms with E-state index in [2.05, 4.69) is 17.5 Å². The number of nitrogens with zero attached hydrogens (tertiary/aromatic N) is 1. The fourth-order valence-electron chi connectivity index (χ4n) is 4.88. The fraction of sp³-hybridized carbons (Fsp3) is 0.440. The van der Waals surface area contributed by atoms with Crippen LogP contribution >= 0.6 is 23.2 Å². The molecule has 1 amide bonds. The maximum absolute atomic E-state index is 12.6. The summed E-state index contributed by atoms with van der Waals surface area (Å²) in [7, 11) is 0. The molecule has 7 heteroatoms. The van der Waals surface area contributed by atoms with Crippen LogP contribution < -0.4 is 14.9 Å². The standard InChI is InChI=1S/C25H28Cl2N2O3/c1-3-31-22-12-16(7-10-21(22)32-15-17-8-9-18(26)13-20(17)27)14-28-29-24(30)23-19-6-4-5-11-25(19,23)2/h7-10,12-14,19,23H,3-6,11,15H2,1-2H3,(H,29,30)/b28-14+/t19-,23-,25+/m0/s1. The molecule has 5 nitrogen and oxygen atoms in total. The Balaban J connectivity index is 1.38. The molecule has 1 N–H and O–H groups in total. The highest BCUT2D eigenvalue weighted by molar-refractivity contribution is 6.35. The number of ether oxygens (including phenoxy) is 2. The van der Waals surface area contributed by atoms with Crippen LogP contribution in [0.4, 0.5) is 0 Å². The maximum Gasteiger partial charge on any atom is 0.244 e. The average molecular weight is 475 g/mol. The Bertz CT molecular complexity index is 1030. The fourth-order valence-corrected chi connectivity index (χ4v) is 5.34. The van der Waals surface area contributed by atoms with Gasteiger partial charge in [-0.2, -0.15) is 5.10 Å². The molecule has 0 radical (unpaired) electrons. The van der Waals surface area contributed by atoms with Gasteiger partial charge in [-0.15, -0.1) is 0 Å². The van der Waals surface area contributed by atoms with Crippen LogP contribution in [0.15, 0.2) is 41.5 Å². The summed E-state index contributed by atoms with van der Waals surface area (Å²) in [5.74, 6) is 1.85. The summed E-state index contributed by atoms with van der Waals surface area (Å²) in [6, 6.07) is 10.8. The summed E-state index contributed by atoms with van der Waals surface area (Å²) >= 11 is 12.2. The molecule has 2 aliphatic carbocycles. The molecule has 0 saturated heterocycles. The topological polar surface area (TPSA) is 59.9 Å². The van der Waals surface area contributed by atoms with E-state index in [9.17, 15) is 4.79 Å². The number of hydrazone groups is 1. The van der Waals surface area contributed by atoms with Gasteiger partial charge in [-0.05, 0) is 67.0 Å². The predicted octanol–water partition coefficient (Wildman–Crippen LogP) is 6.25. The van der Waals surface area contributed by atoms with Crippen LogP contribution in [-0.4, -0.2) is 18.7 Å². The van der Waals surface area contributed by atoms with E-state index in [-0.39, 0.29) is 17.2 Å². The number of hydrogen-bond acceptors (Lipinski definition) is 4. The Labute approximate surface area is 199 Å². The van der Waals surface area contributed by atoms with E-state index in [0.717, 1.165) is 24.0 Å². The molecule has 2 aromatic carbocycles. The third kappa shape index (κ3) is 4.89. The normalized spacial score (nSPS) is 24.1. The van der Waals surface area contributed by atoms with E-state index in [1.165, 1.54) is 12.8 Å². The molecule has 2 fully saturated rings. The van der Waals surface area contributed by atoms with Gasteiger partial charge >= 0.3 is 0 Å². The van der Waals surface area contributed by atoms with Crippen molar-refractivity contribution in [2.45, 2.75) is 46.1 Å². The number of rotatable bonds is 8. The number of fused-ring (bicyclic) bond motifs is 1. The molecule has 0 aromatic heterocycles. The summed E-state index contributed by atoms with van der Waals surface area (Å²) in [6.45, 7) is 4.93. The zero-order valence-electron chi connectivity index (χ0n) is 18.4. The van der Waals surface area contributed by atoms with Gasteiger partial charge in [-0.1, -0.05) is 49.0 Å². The second kappa shape index (κ2) is 9.72. The number of amides is 1. The smallest absolute Gasteiger partial charge is 0.244 e. The molecule has 0 spiro atoms. The van der Waals surface area contributed by atoms with Crippen molar-refractivity contribution in [2.24, 2.45) is 22.4 Å². The summed E-state index contributed by atoms with van der Waals surface area (Å²) in [5, 5.41) is 5.32. The van der Waals surface area contributed by atoms with Gasteiger partial charge in [0.25, 0.3) is 0 Å². The lowest BCUT2D eigenvalue weighted by atomic mass is 9.90. The monoisotopic (exact) mass is 474 g/mol. The minimum atomic E-state index is 0.0282. The van der Waals surface area contributed by atoms with E-state index in [0.29, 0.717) is 40.7 Å². The molecule has 2 aromatic rings. The molecule has 0 heterocycles. The number of carbonyl (C=O) groups excluding carboxylic acids is 1. The second-order valence-corrected chi connectivity index (χ2v) is 9.58. The third-order valence-electron chi connectivity index (χ3n) is 6.67. The van der Waals surface area contributed by atoms with Gasteiger partial charge in [0.1, 0.15) is 6.61 Å². The first-order valence-electron chi connectivity index (χ1n) is 11.1. The van der Waals surface area contributed by atoms with Crippen LogP contribution in [0.25, 0.3) is 0 Å². The Hall–Kier alpha value is -2.24. The van der Waals surface area contributed by atoms with Gasteiger partial charge in [0, 0.05) is 21.5 Å². The quantitative estimate of drug-likeness (QED) is 0.363. The molecule has 0 bridgehead atoms. The van der Waals surface area contributed by atoms with Crippen molar-refractivity contribution in [3.8, 4) is 11.5 Å². The first-order chi connectivity index (χ1) is 15.4. The van der Waals surface area contributed by atoms with Gasteiger partial charge < -0.3 is 9.47 Å². The lowest BCUT2D eigenvalue weighted by Gasteiger charge is -2.15. The average Bonchev–Trinajstić information content (AvgIpc) is 3.40. The van der Waals surface area contributed by atoms with Crippen molar-refractivity contribution in [3.63, 3.8) is 0 Å². The van der Waals surface area contributed by atoms with Crippen LogP contribution in [0.3, 0.4) is 0 Å². The molecule has 3 atom stereocenters. The molecule has 170 valence electrons. The van der Waals surface area contributed by atoms with E-state index in [1.54, 1.807) is 18.3 Å². The van der Waals surface area contributed by atoms with Gasteiger partial charge in [-0.25, -0.2) is 5.43 Å². The van der Waals surface area contributed by atoms with Crippen molar-refractivity contribution < 1.29 is 14.3 Å². The summed E-state index contributed by atoms with van der Waals surface area (Å²) in [5.41, 5.74) is 4.55. The number of halogens is 2. The van der Waals surface area contributed by atoms with Crippen molar-refractivity contribution in [1.82, 2.24) is 5.43 Å². The maximum atomic E-state index is 12.6. The highest BCUT2D eigenvalue weighted by Crippen LogP contribution is 2.66. The van der Waals surface area contributed by atoms with E-state index in [1.807, 2.05) is 31.2 Å². The van der Waals surface area contributed by atoms with Gasteiger partial charge in [0.05, 0.1) is 12.8 Å². The number of carbonyl (C=O) groups is 1. The van der Waals surface area contributed by atoms with Crippen molar-refractivity contribution >= 4 is 35.3 Å². The van der Waals surface area contributed by atoms with Crippen LogP contribution in [0, 0.1) is 17.3 Å². The molecular weight excluding hydrogens is 447 g/mol. The van der Waals surface area contributed by atoms with Crippen molar-refractivity contribution in [1.29, 1.82) is 0 Å². The first kappa shape index (κ1) is 22.9. The van der Waals surface area contributed by atoms with E-state index >= 15 is 0 Å². The second-order valence-electron chi connectivity index (χ2n) is 8.73. The Morgan fingerprint density at radius 1 is 1.19 bits per heavy atom. The predicted molar refractivity (Wildman–Crippen MR) is 128 cm³/mol. The largest absolute Gasteiger partial charge is 0.490 e. The zero-order valence-corrected chi connectivity index (χ0v) is 19.9. The van der Waals surface area contributed by atoms with Crippen LogP contribution in [0.2, 0.25) is 10.0 Å².